The Bertz CT molecular complexity index is 714. The fourth-order valence-corrected chi connectivity index (χ4v) is 4.54. The van der Waals surface area contributed by atoms with Crippen molar-refractivity contribution in [2.24, 2.45) is 5.73 Å². The van der Waals surface area contributed by atoms with Crippen molar-refractivity contribution in [1.29, 1.82) is 0 Å². The van der Waals surface area contributed by atoms with Crippen LogP contribution in [0.4, 0.5) is 0 Å². The van der Waals surface area contributed by atoms with E-state index in [2.05, 4.69) is 46.4 Å². The first-order valence-corrected chi connectivity index (χ1v) is 9.13. The summed E-state index contributed by atoms with van der Waals surface area (Å²) in [5.41, 5.74) is 9.75. The van der Waals surface area contributed by atoms with E-state index in [0.29, 0.717) is 0 Å². The van der Waals surface area contributed by atoms with Crippen LogP contribution in [-0.2, 0) is 6.42 Å². The first-order valence-electron chi connectivity index (χ1n) is 6.64. The number of halogens is 1. The first kappa shape index (κ1) is 14.9. The lowest BCUT2D eigenvalue weighted by Gasteiger charge is -2.06. The molecule has 0 saturated heterocycles. The van der Waals surface area contributed by atoms with Crippen molar-refractivity contribution >= 4 is 38.6 Å². The number of hydrogen-bond donors (Lipinski definition) is 1. The van der Waals surface area contributed by atoms with Gasteiger partial charge in [-0.2, -0.15) is 0 Å². The zero-order chi connectivity index (χ0) is 14.8. The summed E-state index contributed by atoms with van der Waals surface area (Å²) in [6.45, 7) is 2.09. The maximum absolute atomic E-state index is 6.31. The Labute approximate surface area is 140 Å². The minimum atomic E-state index is 0.00905. The van der Waals surface area contributed by atoms with Crippen LogP contribution >= 0.6 is 38.6 Å². The lowest BCUT2D eigenvalue weighted by atomic mass is 10.1. The van der Waals surface area contributed by atoms with E-state index in [1.54, 1.807) is 22.7 Å². The summed E-state index contributed by atoms with van der Waals surface area (Å²) < 4.78 is 1.16. The number of nitrogens with two attached hydrogens (primary N) is 1. The summed E-state index contributed by atoms with van der Waals surface area (Å²) in [5.74, 6) is 0. The highest BCUT2D eigenvalue weighted by atomic mass is 79.9. The zero-order valence-electron chi connectivity index (χ0n) is 11.5. The van der Waals surface area contributed by atoms with Gasteiger partial charge in [0, 0.05) is 28.3 Å². The summed E-state index contributed by atoms with van der Waals surface area (Å²) in [4.78, 5) is 5.91. The molecule has 0 amide bonds. The predicted molar refractivity (Wildman–Crippen MR) is 94.9 cm³/mol. The number of thiophene rings is 1. The number of benzene rings is 1. The monoisotopic (exact) mass is 378 g/mol. The van der Waals surface area contributed by atoms with Crippen molar-refractivity contribution in [2.75, 3.05) is 0 Å². The van der Waals surface area contributed by atoms with Crippen molar-refractivity contribution < 1.29 is 0 Å². The van der Waals surface area contributed by atoms with E-state index >= 15 is 0 Å². The highest BCUT2D eigenvalue weighted by molar-refractivity contribution is 9.11. The summed E-state index contributed by atoms with van der Waals surface area (Å²) in [6.07, 6.45) is 0.782. The van der Waals surface area contributed by atoms with E-state index in [1.165, 1.54) is 10.4 Å². The Morgan fingerprint density at radius 3 is 2.71 bits per heavy atom. The van der Waals surface area contributed by atoms with E-state index in [-0.39, 0.29) is 6.04 Å². The number of nitrogens with zero attached hydrogens (tertiary/aromatic N) is 1. The number of thiazole rings is 1. The van der Waals surface area contributed by atoms with Crippen LogP contribution in [0, 0.1) is 6.92 Å². The molecular weight excluding hydrogens is 364 g/mol. The molecule has 5 heteroatoms. The maximum Gasteiger partial charge on any atom is 0.0951 e. The van der Waals surface area contributed by atoms with Crippen molar-refractivity contribution in [3.8, 4) is 11.3 Å². The average Bonchev–Trinajstić information content (AvgIpc) is 3.08. The Balaban J connectivity index is 1.75. The van der Waals surface area contributed by atoms with Gasteiger partial charge in [0.2, 0.25) is 0 Å². The highest BCUT2D eigenvalue weighted by Crippen LogP contribution is 2.32. The molecule has 0 radical (unpaired) electrons. The molecular formula is C16H15BrN2S2. The Hall–Kier alpha value is -1.01. The van der Waals surface area contributed by atoms with Crippen molar-refractivity contribution in [3.05, 3.63) is 61.0 Å². The molecule has 0 fully saturated rings. The lowest BCUT2D eigenvalue weighted by Crippen LogP contribution is -2.11. The molecule has 1 unspecified atom stereocenters. The number of aromatic nitrogens is 1. The van der Waals surface area contributed by atoms with Gasteiger partial charge in [-0.3, -0.25) is 0 Å². The largest absolute Gasteiger partial charge is 0.323 e. The Kier molecular flexibility index (Phi) is 4.54. The van der Waals surface area contributed by atoms with Crippen molar-refractivity contribution in [3.63, 3.8) is 0 Å². The smallest absolute Gasteiger partial charge is 0.0951 e. The fraction of sp³-hybridized carbons (Fsp3) is 0.188. The number of aryl methyl sites for hydroxylation is 1. The average molecular weight is 379 g/mol. The van der Waals surface area contributed by atoms with Crippen LogP contribution in [0.25, 0.3) is 11.3 Å². The minimum Gasteiger partial charge on any atom is -0.323 e. The van der Waals surface area contributed by atoms with Crippen LogP contribution in [0.5, 0.6) is 0 Å². The normalized spacial score (nSPS) is 12.5. The van der Waals surface area contributed by atoms with Crippen LogP contribution in [0.1, 0.15) is 21.5 Å². The Morgan fingerprint density at radius 2 is 2.05 bits per heavy atom. The topological polar surface area (TPSA) is 38.9 Å². The third kappa shape index (κ3) is 3.43. The lowest BCUT2D eigenvalue weighted by molar-refractivity contribution is 0.732. The predicted octanol–water partition coefficient (Wildman–Crippen LogP) is 5.19. The SMILES string of the molecule is Cc1cc(C(N)Cc2nc(-c3ccccc3)cs2)sc1Br. The molecule has 0 saturated carbocycles. The van der Waals surface area contributed by atoms with Crippen LogP contribution < -0.4 is 5.73 Å². The van der Waals surface area contributed by atoms with Gasteiger partial charge in [-0.15, -0.1) is 22.7 Å². The standard InChI is InChI=1S/C16H15BrN2S2/c1-10-7-14(21-16(10)17)12(18)8-15-19-13(9-20-15)11-5-3-2-4-6-11/h2-7,9,12H,8,18H2,1H3. The van der Waals surface area contributed by atoms with Crippen molar-refractivity contribution in [2.45, 2.75) is 19.4 Å². The van der Waals surface area contributed by atoms with Gasteiger partial charge in [0.05, 0.1) is 14.5 Å². The quantitative estimate of drug-likeness (QED) is 0.678. The maximum atomic E-state index is 6.31. The number of rotatable bonds is 4. The van der Waals surface area contributed by atoms with E-state index in [9.17, 15) is 0 Å². The molecule has 2 heterocycles. The molecule has 0 bridgehead atoms. The fourth-order valence-electron chi connectivity index (χ4n) is 2.10. The molecule has 0 aliphatic rings. The van der Waals surface area contributed by atoms with Crippen LogP contribution in [-0.4, -0.2) is 4.98 Å². The summed E-state index contributed by atoms with van der Waals surface area (Å²) in [6, 6.07) is 12.4. The van der Waals surface area contributed by atoms with E-state index < -0.39 is 0 Å². The highest BCUT2D eigenvalue weighted by Gasteiger charge is 2.14. The molecule has 21 heavy (non-hydrogen) atoms. The van der Waals surface area contributed by atoms with Crippen LogP contribution in [0.3, 0.4) is 0 Å². The van der Waals surface area contributed by atoms with Gasteiger partial charge < -0.3 is 5.73 Å². The Morgan fingerprint density at radius 1 is 1.29 bits per heavy atom. The second-order valence-corrected chi connectivity index (χ2v) is 8.25. The molecule has 1 aromatic carbocycles. The molecule has 2 aromatic heterocycles. The molecule has 2 N–H and O–H groups in total. The molecule has 108 valence electrons. The molecule has 2 nitrogen and oxygen atoms in total. The van der Waals surface area contributed by atoms with Gasteiger partial charge >= 0.3 is 0 Å². The third-order valence-corrected chi connectivity index (χ3v) is 6.40. The molecule has 1 atom stereocenters. The minimum absolute atomic E-state index is 0.00905. The number of hydrogen-bond acceptors (Lipinski definition) is 4. The molecule has 0 spiro atoms. The van der Waals surface area contributed by atoms with Gasteiger partial charge in [-0.1, -0.05) is 30.3 Å². The van der Waals surface area contributed by atoms with Gasteiger partial charge in [0.1, 0.15) is 0 Å². The third-order valence-electron chi connectivity index (χ3n) is 3.26. The van der Waals surface area contributed by atoms with Crippen LogP contribution in [0.2, 0.25) is 0 Å². The van der Waals surface area contributed by atoms with Gasteiger partial charge in [-0.25, -0.2) is 4.98 Å². The van der Waals surface area contributed by atoms with Crippen LogP contribution in [0.15, 0.2) is 45.6 Å². The molecule has 0 aliphatic carbocycles. The second-order valence-electron chi connectivity index (χ2n) is 4.91. The molecule has 3 rings (SSSR count). The van der Waals surface area contributed by atoms with Gasteiger partial charge in [0.15, 0.2) is 0 Å². The van der Waals surface area contributed by atoms with Gasteiger partial charge in [-0.05, 0) is 34.5 Å². The molecule has 3 aromatic rings. The molecule has 0 aliphatic heterocycles. The zero-order valence-corrected chi connectivity index (χ0v) is 14.8. The van der Waals surface area contributed by atoms with E-state index in [0.717, 1.165) is 26.5 Å². The second kappa shape index (κ2) is 6.40. The van der Waals surface area contributed by atoms with E-state index in [1.807, 2.05) is 18.2 Å². The van der Waals surface area contributed by atoms with Crippen molar-refractivity contribution in [1.82, 2.24) is 4.98 Å². The summed E-state index contributed by atoms with van der Waals surface area (Å²) in [7, 11) is 0. The first-order chi connectivity index (χ1) is 10.1. The van der Waals surface area contributed by atoms with E-state index in [4.69, 9.17) is 10.7 Å². The summed E-state index contributed by atoms with van der Waals surface area (Å²) in [5, 5.41) is 3.19. The van der Waals surface area contributed by atoms with Gasteiger partial charge in [0.25, 0.3) is 0 Å². The summed E-state index contributed by atoms with van der Waals surface area (Å²) >= 11 is 6.95.